The van der Waals surface area contributed by atoms with Crippen molar-refractivity contribution in [2.75, 3.05) is 25.0 Å². The molecule has 2 rings (SSSR count). The molecule has 0 aliphatic heterocycles. The Labute approximate surface area is 111 Å². The first-order valence-electron chi connectivity index (χ1n) is 5.92. The second-order valence-corrected chi connectivity index (χ2v) is 5.08. The first-order chi connectivity index (χ1) is 8.79. The molecule has 0 atom stereocenters. The molecule has 0 aliphatic carbocycles. The second kappa shape index (κ2) is 6.42. The molecule has 0 saturated heterocycles. The van der Waals surface area contributed by atoms with Crippen LogP contribution in [0.5, 0.6) is 0 Å². The van der Waals surface area contributed by atoms with Gasteiger partial charge in [-0.15, -0.1) is 10.2 Å². The van der Waals surface area contributed by atoms with Gasteiger partial charge in [-0.2, -0.15) is 0 Å². The van der Waals surface area contributed by atoms with E-state index in [1.165, 1.54) is 5.56 Å². The van der Waals surface area contributed by atoms with Crippen LogP contribution in [0.3, 0.4) is 0 Å². The minimum Gasteiger partial charge on any atom is -0.349 e. The minimum absolute atomic E-state index is 0.620. The van der Waals surface area contributed by atoms with Gasteiger partial charge in [0, 0.05) is 32.4 Å². The number of rotatable bonds is 6. The predicted molar refractivity (Wildman–Crippen MR) is 73.9 cm³/mol. The summed E-state index contributed by atoms with van der Waals surface area (Å²) in [4.78, 5) is 6.13. The van der Waals surface area contributed by atoms with Crippen molar-refractivity contribution in [3.63, 3.8) is 0 Å². The molecular formula is C12H17N5S. The third kappa shape index (κ3) is 3.48. The Morgan fingerprint density at radius 3 is 2.72 bits per heavy atom. The van der Waals surface area contributed by atoms with Gasteiger partial charge in [-0.05, 0) is 30.7 Å². The van der Waals surface area contributed by atoms with Crippen molar-refractivity contribution in [2.24, 2.45) is 5.73 Å². The molecule has 2 aromatic heterocycles. The highest BCUT2D eigenvalue weighted by Crippen LogP contribution is 2.19. The first kappa shape index (κ1) is 12.9. The molecule has 0 spiro atoms. The molecule has 0 amide bonds. The van der Waals surface area contributed by atoms with Crippen molar-refractivity contribution in [3.8, 4) is 0 Å². The monoisotopic (exact) mass is 263 g/mol. The van der Waals surface area contributed by atoms with E-state index in [2.05, 4.69) is 20.1 Å². The zero-order chi connectivity index (χ0) is 12.8. The fourth-order valence-corrected chi connectivity index (χ4v) is 2.41. The number of likely N-dealkylation sites (N-methyl/N-ethyl adjacent to an activating group) is 1. The minimum atomic E-state index is 0.620. The Hall–Kier alpha value is -1.53. The van der Waals surface area contributed by atoms with E-state index in [9.17, 15) is 0 Å². The summed E-state index contributed by atoms with van der Waals surface area (Å²) in [5.74, 6) is 0. The van der Waals surface area contributed by atoms with Crippen molar-refractivity contribution in [2.45, 2.75) is 12.8 Å². The maximum absolute atomic E-state index is 5.50. The topological polar surface area (TPSA) is 67.9 Å². The Balaban J connectivity index is 1.89. The molecule has 96 valence electrons. The summed E-state index contributed by atoms with van der Waals surface area (Å²) >= 11 is 1.61. The third-order valence-electron chi connectivity index (χ3n) is 2.63. The number of aromatic nitrogens is 3. The lowest BCUT2D eigenvalue weighted by Gasteiger charge is -2.14. The average molecular weight is 263 g/mol. The molecule has 6 heteroatoms. The molecule has 18 heavy (non-hydrogen) atoms. The molecule has 2 heterocycles. The van der Waals surface area contributed by atoms with E-state index in [-0.39, 0.29) is 0 Å². The molecule has 2 N–H and O–H groups in total. The van der Waals surface area contributed by atoms with Gasteiger partial charge < -0.3 is 10.6 Å². The normalized spacial score (nSPS) is 10.6. The lowest BCUT2D eigenvalue weighted by atomic mass is 10.2. The van der Waals surface area contributed by atoms with Crippen LogP contribution >= 0.6 is 11.3 Å². The molecule has 0 unspecified atom stereocenters. The standard InChI is InChI=1S/C12H17N5S/c1-17(9-5-10-3-7-14-8-4-10)12-16-15-11(18-12)2-6-13/h3-4,7-8H,2,5-6,9,13H2,1H3. The fraction of sp³-hybridized carbons (Fsp3) is 0.417. The SMILES string of the molecule is CN(CCc1ccncc1)c1nnc(CCN)s1. The summed E-state index contributed by atoms with van der Waals surface area (Å²) < 4.78 is 0. The molecule has 0 saturated carbocycles. The Morgan fingerprint density at radius 1 is 1.22 bits per heavy atom. The molecular weight excluding hydrogens is 246 g/mol. The zero-order valence-corrected chi connectivity index (χ0v) is 11.2. The molecule has 0 aromatic carbocycles. The van der Waals surface area contributed by atoms with Crippen LogP contribution in [-0.2, 0) is 12.8 Å². The number of nitrogens with zero attached hydrogens (tertiary/aromatic N) is 4. The Morgan fingerprint density at radius 2 is 2.00 bits per heavy atom. The van der Waals surface area contributed by atoms with Gasteiger partial charge in [0.1, 0.15) is 5.01 Å². The zero-order valence-electron chi connectivity index (χ0n) is 10.4. The van der Waals surface area contributed by atoms with Gasteiger partial charge >= 0.3 is 0 Å². The summed E-state index contributed by atoms with van der Waals surface area (Å²) in [6, 6.07) is 4.07. The molecule has 0 radical (unpaired) electrons. The Bertz CT molecular complexity index is 470. The van der Waals surface area contributed by atoms with Crippen LogP contribution in [0.25, 0.3) is 0 Å². The largest absolute Gasteiger partial charge is 0.349 e. The molecule has 0 bridgehead atoms. The quantitative estimate of drug-likeness (QED) is 0.845. The maximum Gasteiger partial charge on any atom is 0.208 e. The van der Waals surface area contributed by atoms with E-state index in [4.69, 9.17) is 5.73 Å². The second-order valence-electron chi connectivity index (χ2n) is 4.04. The van der Waals surface area contributed by atoms with Gasteiger partial charge in [0.15, 0.2) is 0 Å². The first-order valence-corrected chi connectivity index (χ1v) is 6.73. The molecule has 0 fully saturated rings. The lowest BCUT2D eigenvalue weighted by Crippen LogP contribution is -2.20. The van der Waals surface area contributed by atoms with Crippen LogP contribution in [0.1, 0.15) is 10.6 Å². The van der Waals surface area contributed by atoms with Crippen LogP contribution in [0.4, 0.5) is 5.13 Å². The highest BCUT2D eigenvalue weighted by molar-refractivity contribution is 7.15. The van der Waals surface area contributed by atoms with Crippen LogP contribution in [0.2, 0.25) is 0 Å². The van der Waals surface area contributed by atoms with Crippen molar-refractivity contribution >= 4 is 16.5 Å². The van der Waals surface area contributed by atoms with Gasteiger partial charge in [-0.1, -0.05) is 11.3 Å². The number of hydrogen-bond acceptors (Lipinski definition) is 6. The summed E-state index contributed by atoms with van der Waals surface area (Å²) in [7, 11) is 2.04. The van der Waals surface area contributed by atoms with Crippen molar-refractivity contribution in [1.29, 1.82) is 0 Å². The molecule has 5 nitrogen and oxygen atoms in total. The van der Waals surface area contributed by atoms with Crippen LogP contribution in [0.15, 0.2) is 24.5 Å². The maximum atomic E-state index is 5.50. The van der Waals surface area contributed by atoms with E-state index in [1.807, 2.05) is 31.6 Å². The summed E-state index contributed by atoms with van der Waals surface area (Å²) in [5.41, 5.74) is 6.78. The smallest absolute Gasteiger partial charge is 0.208 e. The van der Waals surface area contributed by atoms with Gasteiger partial charge in [0.05, 0.1) is 0 Å². The van der Waals surface area contributed by atoms with Crippen molar-refractivity contribution in [1.82, 2.24) is 15.2 Å². The third-order valence-corrected chi connectivity index (χ3v) is 3.72. The van der Waals surface area contributed by atoms with E-state index in [0.717, 1.165) is 29.5 Å². The summed E-state index contributed by atoms with van der Waals surface area (Å²) in [5, 5.41) is 10.2. The van der Waals surface area contributed by atoms with E-state index in [0.29, 0.717) is 6.54 Å². The lowest BCUT2D eigenvalue weighted by molar-refractivity contribution is 0.849. The van der Waals surface area contributed by atoms with Gasteiger partial charge in [0.2, 0.25) is 5.13 Å². The summed E-state index contributed by atoms with van der Waals surface area (Å²) in [6.45, 7) is 1.54. The van der Waals surface area contributed by atoms with E-state index in [1.54, 1.807) is 11.3 Å². The average Bonchev–Trinajstić information content (AvgIpc) is 2.86. The van der Waals surface area contributed by atoms with Gasteiger partial charge in [0.25, 0.3) is 0 Å². The predicted octanol–water partition coefficient (Wildman–Crippen LogP) is 1.11. The van der Waals surface area contributed by atoms with Crippen LogP contribution < -0.4 is 10.6 Å². The van der Waals surface area contributed by atoms with E-state index >= 15 is 0 Å². The van der Waals surface area contributed by atoms with Crippen molar-refractivity contribution < 1.29 is 0 Å². The number of nitrogens with two attached hydrogens (primary N) is 1. The van der Waals surface area contributed by atoms with Crippen molar-refractivity contribution in [3.05, 3.63) is 35.1 Å². The molecule has 0 aliphatic rings. The number of hydrogen-bond donors (Lipinski definition) is 1. The highest BCUT2D eigenvalue weighted by Gasteiger charge is 2.08. The fourth-order valence-electron chi connectivity index (χ4n) is 1.57. The Kier molecular flexibility index (Phi) is 4.60. The van der Waals surface area contributed by atoms with E-state index < -0.39 is 0 Å². The van der Waals surface area contributed by atoms with Gasteiger partial charge in [-0.25, -0.2) is 0 Å². The van der Waals surface area contributed by atoms with Crippen LogP contribution in [-0.4, -0.2) is 35.3 Å². The molecule has 2 aromatic rings. The number of pyridine rings is 1. The van der Waals surface area contributed by atoms with Crippen LogP contribution in [0, 0.1) is 0 Å². The highest BCUT2D eigenvalue weighted by atomic mass is 32.1. The summed E-state index contributed by atoms with van der Waals surface area (Å²) in [6.07, 6.45) is 5.42. The van der Waals surface area contributed by atoms with Gasteiger partial charge in [-0.3, -0.25) is 4.98 Å². The number of anilines is 1.